The molecule has 1 unspecified atom stereocenters. The molecule has 4 rings (SSSR count). The normalized spacial score (nSPS) is 15.1. The minimum atomic E-state index is -0.256. The minimum absolute atomic E-state index is 0.0640. The van der Waals surface area contributed by atoms with Gasteiger partial charge in [0.15, 0.2) is 5.75 Å². The Morgan fingerprint density at radius 1 is 1.18 bits per heavy atom. The molecule has 0 spiro atoms. The summed E-state index contributed by atoms with van der Waals surface area (Å²) in [6.07, 6.45) is 5.18. The number of anilines is 1. The Labute approximate surface area is 190 Å². The fourth-order valence-electron chi connectivity index (χ4n) is 3.89. The van der Waals surface area contributed by atoms with Gasteiger partial charge in [0.05, 0.1) is 68.0 Å². The summed E-state index contributed by atoms with van der Waals surface area (Å²) in [4.78, 5) is 37.1. The summed E-state index contributed by atoms with van der Waals surface area (Å²) in [5.41, 5.74) is 1.06. The molecule has 1 aliphatic rings. The number of carbonyl (C=O) groups is 1. The number of hydrogen-bond acceptors (Lipinski definition) is 9. The van der Waals surface area contributed by atoms with E-state index in [1.807, 2.05) is 11.8 Å². The first kappa shape index (κ1) is 22.6. The van der Waals surface area contributed by atoms with Crippen molar-refractivity contribution in [2.45, 2.75) is 26.3 Å². The standard InChI is InChI=1S/C21H28N8O4/c1-14(29-17-12-24-25-20(31)19(17)15(2)26-29)13-33-9-4-18(30)27-5-7-28(8-6-27)21-22-10-16(32-3)11-23-21/h10-12,14H,4-9,13H2,1-3H3,(H,25,31). The lowest BCUT2D eigenvalue weighted by Gasteiger charge is -2.34. The molecule has 1 fully saturated rings. The molecule has 3 aromatic heterocycles. The summed E-state index contributed by atoms with van der Waals surface area (Å²) in [5.74, 6) is 1.32. The Hall–Kier alpha value is -3.54. The van der Waals surface area contributed by atoms with E-state index in [-0.39, 0.29) is 17.5 Å². The highest BCUT2D eigenvalue weighted by atomic mass is 16.5. The first-order valence-electron chi connectivity index (χ1n) is 10.9. The van der Waals surface area contributed by atoms with Crippen molar-refractivity contribution in [2.24, 2.45) is 0 Å². The summed E-state index contributed by atoms with van der Waals surface area (Å²) < 4.78 is 12.6. The van der Waals surface area contributed by atoms with Gasteiger partial charge in [-0.25, -0.2) is 15.1 Å². The van der Waals surface area contributed by atoms with Gasteiger partial charge in [0.1, 0.15) is 0 Å². The van der Waals surface area contributed by atoms with Crippen LogP contribution in [0.3, 0.4) is 0 Å². The van der Waals surface area contributed by atoms with Crippen molar-refractivity contribution < 1.29 is 14.3 Å². The summed E-state index contributed by atoms with van der Waals surface area (Å²) >= 11 is 0. The largest absolute Gasteiger partial charge is 0.494 e. The van der Waals surface area contributed by atoms with E-state index >= 15 is 0 Å². The number of fused-ring (bicyclic) bond motifs is 1. The van der Waals surface area contributed by atoms with Crippen LogP contribution >= 0.6 is 0 Å². The van der Waals surface area contributed by atoms with E-state index in [9.17, 15) is 9.59 Å². The lowest BCUT2D eigenvalue weighted by molar-refractivity contribution is -0.132. The van der Waals surface area contributed by atoms with E-state index in [2.05, 4.69) is 30.2 Å². The maximum absolute atomic E-state index is 12.6. The average molecular weight is 457 g/mol. The molecule has 0 aliphatic carbocycles. The number of nitrogens with zero attached hydrogens (tertiary/aromatic N) is 7. The Bertz CT molecular complexity index is 1150. The number of H-pyrrole nitrogens is 1. The third-order valence-electron chi connectivity index (χ3n) is 5.70. The molecule has 0 aromatic carbocycles. The first-order valence-corrected chi connectivity index (χ1v) is 10.9. The zero-order valence-electron chi connectivity index (χ0n) is 19.0. The van der Waals surface area contributed by atoms with Crippen molar-refractivity contribution in [3.05, 3.63) is 34.6 Å². The van der Waals surface area contributed by atoms with Crippen LogP contribution in [-0.2, 0) is 9.53 Å². The van der Waals surface area contributed by atoms with E-state index in [1.54, 1.807) is 37.3 Å². The van der Waals surface area contributed by atoms with E-state index < -0.39 is 0 Å². The molecule has 0 saturated carbocycles. The van der Waals surface area contributed by atoms with Crippen LogP contribution in [0, 0.1) is 6.92 Å². The van der Waals surface area contributed by atoms with Crippen LogP contribution in [0.2, 0.25) is 0 Å². The van der Waals surface area contributed by atoms with Gasteiger partial charge in [-0.2, -0.15) is 10.2 Å². The maximum atomic E-state index is 12.6. The molecular weight excluding hydrogens is 428 g/mol. The summed E-state index contributed by atoms with van der Waals surface area (Å²) in [6, 6.07) is -0.104. The lowest BCUT2D eigenvalue weighted by atomic mass is 10.3. The number of aryl methyl sites for hydroxylation is 1. The molecule has 12 heteroatoms. The van der Waals surface area contributed by atoms with E-state index in [0.29, 0.717) is 74.1 Å². The number of piperazine rings is 1. The van der Waals surface area contributed by atoms with Gasteiger partial charge in [0.25, 0.3) is 5.56 Å². The average Bonchev–Trinajstić information content (AvgIpc) is 3.19. The SMILES string of the molecule is COc1cnc(N2CCN(C(=O)CCOCC(C)n3nc(C)c4c(=O)[nH]ncc43)CC2)nc1. The molecule has 1 saturated heterocycles. The molecule has 0 bridgehead atoms. The smallest absolute Gasteiger partial charge is 0.275 e. The van der Waals surface area contributed by atoms with Crippen LogP contribution in [0.1, 0.15) is 25.1 Å². The lowest BCUT2D eigenvalue weighted by Crippen LogP contribution is -2.49. The number of carbonyl (C=O) groups excluding carboxylic acids is 1. The molecular formula is C21H28N8O4. The van der Waals surface area contributed by atoms with Crippen LogP contribution < -0.4 is 15.2 Å². The van der Waals surface area contributed by atoms with Gasteiger partial charge in [-0.05, 0) is 13.8 Å². The monoisotopic (exact) mass is 456 g/mol. The molecule has 33 heavy (non-hydrogen) atoms. The third-order valence-corrected chi connectivity index (χ3v) is 5.70. The number of aromatic amines is 1. The second kappa shape index (κ2) is 9.94. The van der Waals surface area contributed by atoms with Gasteiger partial charge in [-0.15, -0.1) is 0 Å². The number of nitrogens with one attached hydrogen (secondary N) is 1. The number of aromatic nitrogens is 6. The maximum Gasteiger partial charge on any atom is 0.275 e. The Morgan fingerprint density at radius 3 is 2.61 bits per heavy atom. The Balaban J connectivity index is 1.22. The van der Waals surface area contributed by atoms with Crippen molar-refractivity contribution in [3.63, 3.8) is 0 Å². The van der Waals surface area contributed by atoms with Gasteiger partial charge in [0.2, 0.25) is 11.9 Å². The summed E-state index contributed by atoms with van der Waals surface area (Å²) in [6.45, 7) is 7.02. The molecule has 4 heterocycles. The summed E-state index contributed by atoms with van der Waals surface area (Å²) in [5, 5.41) is 11.3. The van der Waals surface area contributed by atoms with Crippen LogP contribution in [0.25, 0.3) is 10.9 Å². The number of amides is 1. The molecule has 1 atom stereocenters. The first-order chi connectivity index (χ1) is 16.0. The van der Waals surface area contributed by atoms with Crippen molar-refractivity contribution in [1.29, 1.82) is 0 Å². The van der Waals surface area contributed by atoms with Crippen molar-refractivity contribution in [3.8, 4) is 5.75 Å². The molecule has 1 N–H and O–H groups in total. The second-order valence-electron chi connectivity index (χ2n) is 7.95. The van der Waals surface area contributed by atoms with Crippen LogP contribution in [-0.4, -0.2) is 87.3 Å². The van der Waals surface area contributed by atoms with Crippen molar-refractivity contribution >= 4 is 22.8 Å². The summed E-state index contributed by atoms with van der Waals surface area (Å²) in [7, 11) is 1.58. The molecule has 176 valence electrons. The molecule has 12 nitrogen and oxygen atoms in total. The molecule has 3 aromatic rings. The Kier molecular flexibility index (Phi) is 6.82. The van der Waals surface area contributed by atoms with Crippen LogP contribution in [0.4, 0.5) is 5.95 Å². The topological polar surface area (TPSA) is 131 Å². The fourth-order valence-corrected chi connectivity index (χ4v) is 3.89. The minimum Gasteiger partial charge on any atom is -0.494 e. The number of ether oxygens (including phenoxy) is 2. The molecule has 0 radical (unpaired) electrons. The number of methoxy groups -OCH3 is 1. The highest BCUT2D eigenvalue weighted by Crippen LogP contribution is 2.18. The van der Waals surface area contributed by atoms with Crippen molar-refractivity contribution in [2.75, 3.05) is 51.4 Å². The molecule has 1 aliphatic heterocycles. The molecule has 1 amide bonds. The zero-order chi connectivity index (χ0) is 23.4. The van der Waals surface area contributed by atoms with Gasteiger partial charge in [-0.1, -0.05) is 0 Å². The fraction of sp³-hybridized carbons (Fsp3) is 0.524. The predicted molar refractivity (Wildman–Crippen MR) is 120 cm³/mol. The highest BCUT2D eigenvalue weighted by Gasteiger charge is 2.22. The zero-order valence-corrected chi connectivity index (χ0v) is 19.0. The number of hydrogen-bond donors (Lipinski definition) is 1. The van der Waals surface area contributed by atoms with Crippen LogP contribution in [0.15, 0.2) is 23.4 Å². The predicted octanol–water partition coefficient (Wildman–Crippen LogP) is 0.543. The Morgan fingerprint density at radius 2 is 1.91 bits per heavy atom. The van der Waals surface area contributed by atoms with Gasteiger partial charge >= 0.3 is 0 Å². The second-order valence-corrected chi connectivity index (χ2v) is 7.95. The van der Waals surface area contributed by atoms with Crippen molar-refractivity contribution in [1.82, 2.24) is 34.8 Å². The highest BCUT2D eigenvalue weighted by molar-refractivity contribution is 5.79. The quantitative estimate of drug-likeness (QED) is 0.483. The van der Waals surface area contributed by atoms with E-state index in [1.165, 1.54) is 0 Å². The van der Waals surface area contributed by atoms with E-state index in [0.717, 1.165) is 0 Å². The number of rotatable bonds is 8. The van der Waals surface area contributed by atoms with Gasteiger partial charge in [0, 0.05) is 26.2 Å². The van der Waals surface area contributed by atoms with Gasteiger partial charge in [-0.3, -0.25) is 14.3 Å². The van der Waals surface area contributed by atoms with Crippen LogP contribution in [0.5, 0.6) is 5.75 Å². The van der Waals surface area contributed by atoms with Gasteiger partial charge < -0.3 is 19.3 Å². The third kappa shape index (κ3) is 4.95. The van der Waals surface area contributed by atoms with E-state index in [4.69, 9.17) is 9.47 Å².